The summed E-state index contributed by atoms with van der Waals surface area (Å²) in [6, 6.07) is 14.7. The molecule has 2 heterocycles. The van der Waals surface area contributed by atoms with E-state index in [4.69, 9.17) is 4.84 Å². The Kier molecular flexibility index (Phi) is 5.62. The molecule has 4 rings (SSSR count). The van der Waals surface area contributed by atoms with Gasteiger partial charge < -0.3 is 9.74 Å². The first-order chi connectivity index (χ1) is 14.5. The Morgan fingerprint density at radius 2 is 1.90 bits per heavy atom. The molecule has 0 aliphatic carbocycles. The van der Waals surface area contributed by atoms with Gasteiger partial charge >= 0.3 is 0 Å². The Balaban J connectivity index is 1.51. The molecule has 0 fully saturated rings. The summed E-state index contributed by atoms with van der Waals surface area (Å²) >= 11 is 0. The van der Waals surface area contributed by atoms with Crippen molar-refractivity contribution in [1.82, 2.24) is 4.31 Å². The maximum atomic E-state index is 13.1. The van der Waals surface area contributed by atoms with Crippen molar-refractivity contribution in [2.75, 3.05) is 24.5 Å². The van der Waals surface area contributed by atoms with Gasteiger partial charge in [0, 0.05) is 31.7 Å². The van der Waals surface area contributed by atoms with Crippen molar-refractivity contribution in [1.29, 1.82) is 0 Å². The van der Waals surface area contributed by atoms with Crippen LogP contribution in [0.4, 0.5) is 5.69 Å². The molecule has 30 heavy (non-hydrogen) atoms. The van der Waals surface area contributed by atoms with Crippen molar-refractivity contribution in [3.05, 3.63) is 59.7 Å². The van der Waals surface area contributed by atoms with Gasteiger partial charge in [-0.3, -0.25) is 4.79 Å². The zero-order valence-electron chi connectivity index (χ0n) is 17.1. The molecule has 8 heteroatoms. The van der Waals surface area contributed by atoms with E-state index >= 15 is 0 Å². The molecule has 2 aromatic carbocycles. The molecule has 2 aliphatic heterocycles. The number of benzene rings is 2. The Labute approximate surface area is 177 Å². The molecule has 0 aromatic heterocycles. The number of oxime groups is 1. The van der Waals surface area contributed by atoms with E-state index in [2.05, 4.69) is 5.16 Å². The van der Waals surface area contributed by atoms with Crippen LogP contribution in [0.5, 0.6) is 0 Å². The third kappa shape index (κ3) is 3.61. The third-order valence-corrected chi connectivity index (χ3v) is 7.65. The van der Waals surface area contributed by atoms with Crippen LogP contribution in [0, 0.1) is 0 Å². The summed E-state index contributed by atoms with van der Waals surface area (Å²) in [7, 11) is -3.53. The van der Waals surface area contributed by atoms with E-state index in [0.29, 0.717) is 32.5 Å². The van der Waals surface area contributed by atoms with Crippen molar-refractivity contribution in [2.24, 2.45) is 5.16 Å². The average molecular weight is 428 g/mol. The number of anilines is 1. The number of rotatable bonds is 6. The SMILES string of the molecule is CCN(CC)S(=O)(=O)c1ccc2c(c1)CCN2C(=O)C1CC(c2ccccc2)=NO1. The van der Waals surface area contributed by atoms with E-state index in [0.717, 1.165) is 22.5 Å². The first-order valence-corrected chi connectivity index (χ1v) is 11.6. The van der Waals surface area contributed by atoms with Crippen molar-refractivity contribution in [3.63, 3.8) is 0 Å². The predicted octanol–water partition coefficient (Wildman–Crippen LogP) is 2.80. The van der Waals surface area contributed by atoms with Crippen LogP contribution in [0.25, 0.3) is 0 Å². The number of nitrogens with zero attached hydrogens (tertiary/aromatic N) is 3. The molecule has 0 N–H and O–H groups in total. The summed E-state index contributed by atoms with van der Waals surface area (Å²) in [4.78, 5) is 20.5. The van der Waals surface area contributed by atoms with Gasteiger partial charge in [-0.05, 0) is 35.7 Å². The molecule has 1 unspecified atom stereocenters. The molecule has 1 atom stereocenters. The van der Waals surface area contributed by atoms with Gasteiger partial charge in [0.25, 0.3) is 5.91 Å². The maximum Gasteiger partial charge on any atom is 0.271 e. The van der Waals surface area contributed by atoms with Crippen LogP contribution in [-0.2, 0) is 26.1 Å². The van der Waals surface area contributed by atoms with Crippen molar-refractivity contribution < 1.29 is 18.0 Å². The van der Waals surface area contributed by atoms with Crippen LogP contribution in [0.1, 0.15) is 31.4 Å². The molecule has 2 aliphatic rings. The average Bonchev–Trinajstić information content (AvgIpc) is 3.42. The third-order valence-electron chi connectivity index (χ3n) is 5.61. The van der Waals surface area contributed by atoms with Gasteiger partial charge in [0.15, 0.2) is 0 Å². The first kappa shape index (κ1) is 20.6. The van der Waals surface area contributed by atoms with Crippen LogP contribution in [0.15, 0.2) is 58.6 Å². The quantitative estimate of drug-likeness (QED) is 0.710. The molecule has 0 saturated heterocycles. The zero-order chi connectivity index (χ0) is 21.3. The first-order valence-electron chi connectivity index (χ1n) is 10.2. The second-order valence-electron chi connectivity index (χ2n) is 7.32. The molecular weight excluding hydrogens is 402 g/mol. The van der Waals surface area contributed by atoms with Crippen LogP contribution in [0.2, 0.25) is 0 Å². The van der Waals surface area contributed by atoms with E-state index < -0.39 is 16.1 Å². The molecule has 158 valence electrons. The summed E-state index contributed by atoms with van der Waals surface area (Å²) < 4.78 is 27.0. The summed E-state index contributed by atoms with van der Waals surface area (Å²) in [5.41, 5.74) is 3.31. The number of carbonyl (C=O) groups excluding carboxylic acids is 1. The van der Waals surface area contributed by atoms with Gasteiger partial charge in [0.2, 0.25) is 16.1 Å². The fraction of sp³-hybridized carbons (Fsp3) is 0.364. The van der Waals surface area contributed by atoms with Crippen molar-refractivity contribution in [2.45, 2.75) is 37.7 Å². The van der Waals surface area contributed by atoms with Crippen LogP contribution in [-0.4, -0.2) is 50.1 Å². The Morgan fingerprint density at radius 3 is 2.60 bits per heavy atom. The zero-order valence-corrected chi connectivity index (χ0v) is 17.9. The summed E-state index contributed by atoms with van der Waals surface area (Å²) in [5, 5.41) is 4.10. The molecule has 1 amide bonds. The summed E-state index contributed by atoms with van der Waals surface area (Å²) in [5.74, 6) is -0.150. The van der Waals surface area contributed by atoms with Gasteiger partial charge in [0.05, 0.1) is 10.6 Å². The number of hydrogen-bond acceptors (Lipinski definition) is 5. The number of amides is 1. The highest BCUT2D eigenvalue weighted by molar-refractivity contribution is 7.89. The van der Waals surface area contributed by atoms with E-state index in [1.165, 1.54) is 4.31 Å². The molecular formula is C22H25N3O4S. The Morgan fingerprint density at radius 1 is 1.17 bits per heavy atom. The lowest BCUT2D eigenvalue weighted by Gasteiger charge is -2.21. The number of carbonyl (C=O) groups is 1. The summed E-state index contributed by atoms with van der Waals surface area (Å²) in [6.07, 6.45) is 0.371. The van der Waals surface area contributed by atoms with Gasteiger partial charge in [0.1, 0.15) is 0 Å². The lowest BCUT2D eigenvalue weighted by Crippen LogP contribution is -2.38. The Hall–Kier alpha value is -2.71. The van der Waals surface area contributed by atoms with Crippen molar-refractivity contribution in [3.8, 4) is 0 Å². The molecule has 0 bridgehead atoms. The largest absolute Gasteiger partial charge is 0.382 e. The van der Waals surface area contributed by atoms with Crippen molar-refractivity contribution >= 4 is 27.3 Å². The minimum atomic E-state index is -3.53. The van der Waals surface area contributed by atoms with Gasteiger partial charge in [-0.2, -0.15) is 4.31 Å². The number of hydrogen-bond donors (Lipinski definition) is 0. The normalized spacial score (nSPS) is 18.3. The predicted molar refractivity (Wildman–Crippen MR) is 115 cm³/mol. The van der Waals surface area contributed by atoms with Gasteiger partial charge in [-0.15, -0.1) is 0 Å². The second kappa shape index (κ2) is 8.20. The van der Waals surface area contributed by atoms with E-state index in [9.17, 15) is 13.2 Å². The molecule has 0 radical (unpaired) electrons. The second-order valence-corrected chi connectivity index (χ2v) is 9.26. The minimum absolute atomic E-state index is 0.150. The summed E-state index contributed by atoms with van der Waals surface area (Å²) in [6.45, 7) is 4.99. The van der Waals surface area contributed by atoms with E-state index in [1.807, 2.05) is 44.2 Å². The van der Waals surface area contributed by atoms with E-state index in [-0.39, 0.29) is 10.8 Å². The van der Waals surface area contributed by atoms with Gasteiger partial charge in [-0.25, -0.2) is 8.42 Å². The fourth-order valence-corrected chi connectivity index (χ4v) is 5.47. The maximum absolute atomic E-state index is 13.1. The molecule has 7 nitrogen and oxygen atoms in total. The van der Waals surface area contributed by atoms with Crippen LogP contribution >= 0.6 is 0 Å². The van der Waals surface area contributed by atoms with E-state index in [1.54, 1.807) is 23.1 Å². The molecule has 0 spiro atoms. The monoisotopic (exact) mass is 427 g/mol. The number of sulfonamides is 1. The van der Waals surface area contributed by atoms with Gasteiger partial charge in [-0.1, -0.05) is 49.3 Å². The Bertz CT molecular complexity index is 1080. The number of fused-ring (bicyclic) bond motifs is 1. The molecule has 2 aromatic rings. The topological polar surface area (TPSA) is 79.3 Å². The highest BCUT2D eigenvalue weighted by Gasteiger charge is 2.36. The standard InChI is InChI=1S/C22H25N3O4S/c1-3-24(4-2)30(27,28)18-10-11-20-17(14-18)12-13-25(20)22(26)21-15-19(23-29-21)16-8-6-5-7-9-16/h5-11,14,21H,3-4,12-13,15H2,1-2H3. The lowest BCUT2D eigenvalue weighted by molar-refractivity contribution is -0.128. The van der Waals surface area contributed by atoms with Crippen LogP contribution < -0.4 is 4.90 Å². The highest BCUT2D eigenvalue weighted by atomic mass is 32.2. The highest BCUT2D eigenvalue weighted by Crippen LogP contribution is 2.33. The van der Waals surface area contributed by atoms with Crippen LogP contribution in [0.3, 0.4) is 0 Å². The smallest absolute Gasteiger partial charge is 0.271 e. The molecule has 0 saturated carbocycles. The minimum Gasteiger partial charge on any atom is -0.382 e. The fourth-order valence-electron chi connectivity index (χ4n) is 3.96. The lowest BCUT2D eigenvalue weighted by atomic mass is 10.0.